The normalized spacial score (nSPS) is 17.8. The van der Waals surface area contributed by atoms with E-state index in [1.165, 1.54) is 37.2 Å². The van der Waals surface area contributed by atoms with Gasteiger partial charge in [0.25, 0.3) is 0 Å². The second-order valence-electron chi connectivity index (χ2n) is 4.88. The van der Waals surface area contributed by atoms with Gasteiger partial charge in [-0.2, -0.15) is 0 Å². The lowest BCUT2D eigenvalue weighted by atomic mass is 10.1. The van der Waals surface area contributed by atoms with E-state index in [0.29, 0.717) is 6.04 Å². The molecule has 1 aliphatic heterocycles. The molecule has 0 amide bonds. The summed E-state index contributed by atoms with van der Waals surface area (Å²) in [5.41, 5.74) is 8.54. The van der Waals surface area contributed by atoms with Crippen LogP contribution in [0.15, 0.2) is 24.3 Å². The van der Waals surface area contributed by atoms with E-state index in [9.17, 15) is 0 Å². The fourth-order valence-corrected chi connectivity index (χ4v) is 2.24. The van der Waals surface area contributed by atoms with Crippen molar-refractivity contribution < 1.29 is 0 Å². The fourth-order valence-electron chi connectivity index (χ4n) is 2.24. The maximum absolute atomic E-state index is 5.76. The van der Waals surface area contributed by atoms with E-state index < -0.39 is 0 Å². The number of benzene rings is 1. The van der Waals surface area contributed by atoms with E-state index >= 15 is 0 Å². The lowest BCUT2D eigenvalue weighted by Gasteiger charge is -2.17. The molecule has 1 fully saturated rings. The van der Waals surface area contributed by atoms with Gasteiger partial charge < -0.3 is 10.6 Å². The van der Waals surface area contributed by atoms with Gasteiger partial charge in [-0.3, -0.25) is 0 Å². The average Bonchev–Trinajstić information content (AvgIpc) is 2.80. The zero-order valence-corrected chi connectivity index (χ0v) is 10.2. The second kappa shape index (κ2) is 5.35. The number of hydrogen-bond donors (Lipinski definition) is 1. The first-order valence-electron chi connectivity index (χ1n) is 6.35. The molecule has 1 aromatic carbocycles. The molecule has 1 saturated heterocycles. The molecular formula is C14H22N2. The molecule has 0 saturated carbocycles. The van der Waals surface area contributed by atoms with Gasteiger partial charge >= 0.3 is 0 Å². The maximum atomic E-state index is 5.76. The predicted octanol–water partition coefficient (Wildman–Crippen LogP) is 2.57. The first-order valence-corrected chi connectivity index (χ1v) is 6.35. The van der Waals surface area contributed by atoms with Crippen LogP contribution in [0.2, 0.25) is 0 Å². The topological polar surface area (TPSA) is 29.3 Å². The fraction of sp³-hybridized carbons (Fsp3) is 0.571. The van der Waals surface area contributed by atoms with Crippen LogP contribution in [-0.4, -0.2) is 19.1 Å². The molecule has 0 unspecified atom stereocenters. The second-order valence-corrected chi connectivity index (χ2v) is 4.88. The summed E-state index contributed by atoms with van der Waals surface area (Å²) in [6.07, 6.45) is 4.85. The zero-order valence-electron chi connectivity index (χ0n) is 10.2. The largest absolute Gasteiger partial charge is 0.372 e. The molecule has 2 heteroatoms. The average molecular weight is 218 g/mol. The van der Waals surface area contributed by atoms with Crippen LogP contribution in [0.4, 0.5) is 5.69 Å². The quantitative estimate of drug-likeness (QED) is 0.841. The van der Waals surface area contributed by atoms with Crippen LogP contribution in [0, 0.1) is 0 Å². The molecule has 0 bridgehead atoms. The van der Waals surface area contributed by atoms with Crippen LogP contribution in [0.25, 0.3) is 0 Å². The number of aryl methyl sites for hydroxylation is 1. The number of anilines is 1. The Morgan fingerprint density at radius 1 is 1.19 bits per heavy atom. The smallest absolute Gasteiger partial charge is 0.0366 e. The Bertz CT molecular complexity index is 310. The van der Waals surface area contributed by atoms with E-state index in [2.05, 4.69) is 36.1 Å². The molecule has 1 aliphatic rings. The van der Waals surface area contributed by atoms with Crippen LogP contribution in [0.1, 0.15) is 31.7 Å². The van der Waals surface area contributed by atoms with E-state index in [1.807, 2.05) is 0 Å². The molecule has 2 N–H and O–H groups in total. The van der Waals surface area contributed by atoms with Crippen LogP contribution in [0.5, 0.6) is 0 Å². The molecular weight excluding hydrogens is 196 g/mol. The highest BCUT2D eigenvalue weighted by molar-refractivity contribution is 5.48. The Morgan fingerprint density at radius 3 is 2.38 bits per heavy atom. The lowest BCUT2D eigenvalue weighted by molar-refractivity contribution is 0.666. The number of nitrogens with zero attached hydrogens (tertiary/aromatic N) is 1. The Balaban J connectivity index is 1.93. The summed E-state index contributed by atoms with van der Waals surface area (Å²) in [4.78, 5) is 2.47. The van der Waals surface area contributed by atoms with Gasteiger partial charge in [0.15, 0.2) is 0 Å². The molecule has 16 heavy (non-hydrogen) atoms. The SMILES string of the molecule is C[C@@H](N)CCc1ccc(N2CCCC2)cc1. The van der Waals surface area contributed by atoms with Crippen LogP contribution >= 0.6 is 0 Å². The molecule has 0 radical (unpaired) electrons. The highest BCUT2D eigenvalue weighted by Crippen LogP contribution is 2.20. The van der Waals surface area contributed by atoms with Crippen molar-refractivity contribution in [1.29, 1.82) is 0 Å². The van der Waals surface area contributed by atoms with Crippen molar-refractivity contribution >= 4 is 5.69 Å². The number of nitrogens with two attached hydrogens (primary N) is 1. The molecule has 88 valence electrons. The molecule has 2 rings (SSSR count). The summed E-state index contributed by atoms with van der Waals surface area (Å²) in [5.74, 6) is 0. The van der Waals surface area contributed by atoms with Gasteiger partial charge in [-0.1, -0.05) is 12.1 Å². The Hall–Kier alpha value is -1.02. The van der Waals surface area contributed by atoms with E-state index in [1.54, 1.807) is 0 Å². The standard InChI is InChI=1S/C14H22N2/c1-12(15)4-5-13-6-8-14(9-7-13)16-10-2-3-11-16/h6-9,12H,2-5,10-11,15H2,1H3/t12-/m1/s1. The predicted molar refractivity (Wildman–Crippen MR) is 69.9 cm³/mol. The van der Waals surface area contributed by atoms with Gasteiger partial charge in [0, 0.05) is 24.8 Å². The monoisotopic (exact) mass is 218 g/mol. The van der Waals surface area contributed by atoms with Crippen LogP contribution in [0.3, 0.4) is 0 Å². The minimum Gasteiger partial charge on any atom is -0.372 e. The third-order valence-corrected chi connectivity index (χ3v) is 3.30. The summed E-state index contributed by atoms with van der Waals surface area (Å²) >= 11 is 0. The highest BCUT2D eigenvalue weighted by atomic mass is 15.1. The Labute approximate surface area is 98.4 Å². The maximum Gasteiger partial charge on any atom is 0.0366 e. The number of rotatable bonds is 4. The van der Waals surface area contributed by atoms with Crippen molar-refractivity contribution in [2.45, 2.75) is 38.6 Å². The Kier molecular flexibility index (Phi) is 3.83. The van der Waals surface area contributed by atoms with Crippen molar-refractivity contribution in [3.8, 4) is 0 Å². The van der Waals surface area contributed by atoms with E-state index in [4.69, 9.17) is 5.73 Å². The first-order chi connectivity index (χ1) is 7.75. The van der Waals surface area contributed by atoms with Gasteiger partial charge in [0.05, 0.1) is 0 Å². The molecule has 1 heterocycles. The Morgan fingerprint density at radius 2 is 1.81 bits per heavy atom. The molecule has 1 atom stereocenters. The summed E-state index contributed by atoms with van der Waals surface area (Å²) < 4.78 is 0. The van der Waals surface area contributed by atoms with E-state index in [0.717, 1.165) is 12.8 Å². The van der Waals surface area contributed by atoms with Crippen LogP contribution < -0.4 is 10.6 Å². The van der Waals surface area contributed by atoms with Gasteiger partial charge in [0.2, 0.25) is 0 Å². The van der Waals surface area contributed by atoms with Crippen molar-refractivity contribution in [3.05, 3.63) is 29.8 Å². The summed E-state index contributed by atoms with van der Waals surface area (Å²) in [7, 11) is 0. The number of hydrogen-bond acceptors (Lipinski definition) is 2. The highest BCUT2D eigenvalue weighted by Gasteiger charge is 2.11. The summed E-state index contributed by atoms with van der Waals surface area (Å²) in [6, 6.07) is 9.30. The van der Waals surface area contributed by atoms with Gasteiger partial charge in [-0.25, -0.2) is 0 Å². The van der Waals surface area contributed by atoms with Gasteiger partial charge in [-0.05, 0) is 50.3 Å². The zero-order chi connectivity index (χ0) is 11.4. The van der Waals surface area contributed by atoms with Crippen molar-refractivity contribution in [3.63, 3.8) is 0 Å². The van der Waals surface area contributed by atoms with Crippen molar-refractivity contribution in [2.75, 3.05) is 18.0 Å². The first kappa shape index (κ1) is 11.5. The van der Waals surface area contributed by atoms with Crippen molar-refractivity contribution in [2.24, 2.45) is 5.73 Å². The molecule has 2 nitrogen and oxygen atoms in total. The summed E-state index contributed by atoms with van der Waals surface area (Å²) in [6.45, 7) is 4.51. The minimum absolute atomic E-state index is 0.304. The molecule has 0 aromatic heterocycles. The third-order valence-electron chi connectivity index (χ3n) is 3.30. The molecule has 0 spiro atoms. The van der Waals surface area contributed by atoms with E-state index in [-0.39, 0.29) is 0 Å². The summed E-state index contributed by atoms with van der Waals surface area (Å²) in [5, 5.41) is 0. The van der Waals surface area contributed by atoms with Gasteiger partial charge in [-0.15, -0.1) is 0 Å². The van der Waals surface area contributed by atoms with Crippen molar-refractivity contribution in [1.82, 2.24) is 0 Å². The lowest BCUT2D eigenvalue weighted by Crippen LogP contribution is -2.17. The van der Waals surface area contributed by atoms with Gasteiger partial charge in [0.1, 0.15) is 0 Å². The van der Waals surface area contributed by atoms with Crippen LogP contribution in [-0.2, 0) is 6.42 Å². The third kappa shape index (κ3) is 2.99. The minimum atomic E-state index is 0.304. The molecule has 1 aromatic rings. The molecule has 0 aliphatic carbocycles.